The van der Waals surface area contributed by atoms with E-state index in [1.54, 1.807) is 0 Å². The van der Waals surface area contributed by atoms with Crippen molar-refractivity contribution in [3.63, 3.8) is 0 Å². The average molecular weight is 234 g/mol. The molecule has 3 nitrogen and oxygen atoms in total. The van der Waals surface area contributed by atoms with Crippen molar-refractivity contribution in [3.8, 4) is 12.3 Å². The van der Waals surface area contributed by atoms with Crippen molar-refractivity contribution < 1.29 is 4.79 Å². The SMILES string of the molecule is C#CCNC(=O)CSc1cc(C)cc(C)n1. The molecule has 4 heteroatoms. The number of hydrogen-bond donors (Lipinski definition) is 1. The summed E-state index contributed by atoms with van der Waals surface area (Å²) in [5, 5.41) is 3.48. The van der Waals surface area contributed by atoms with Gasteiger partial charge in [0.2, 0.25) is 5.91 Å². The van der Waals surface area contributed by atoms with E-state index in [2.05, 4.69) is 16.2 Å². The van der Waals surface area contributed by atoms with Gasteiger partial charge in [0, 0.05) is 5.69 Å². The van der Waals surface area contributed by atoms with Gasteiger partial charge in [-0.1, -0.05) is 17.7 Å². The van der Waals surface area contributed by atoms with Crippen LogP contribution in [0.5, 0.6) is 0 Å². The van der Waals surface area contributed by atoms with Gasteiger partial charge in [-0.15, -0.1) is 6.42 Å². The lowest BCUT2D eigenvalue weighted by Gasteiger charge is -2.03. The summed E-state index contributed by atoms with van der Waals surface area (Å²) in [6.45, 7) is 4.23. The molecule has 0 aliphatic heterocycles. The first-order valence-electron chi connectivity index (χ1n) is 4.90. The number of thioether (sulfide) groups is 1. The molecule has 0 aliphatic rings. The number of nitrogens with zero attached hydrogens (tertiary/aromatic N) is 1. The molecule has 1 amide bonds. The molecule has 0 atom stereocenters. The molecule has 0 radical (unpaired) electrons. The molecule has 0 spiro atoms. The van der Waals surface area contributed by atoms with Gasteiger partial charge in [0.05, 0.1) is 17.3 Å². The monoisotopic (exact) mass is 234 g/mol. The molecule has 1 rings (SSSR count). The summed E-state index contributed by atoms with van der Waals surface area (Å²) >= 11 is 1.42. The van der Waals surface area contributed by atoms with Crippen LogP contribution in [-0.2, 0) is 4.79 Å². The maximum Gasteiger partial charge on any atom is 0.231 e. The molecular formula is C12H14N2OS. The molecule has 0 saturated carbocycles. The molecule has 84 valence electrons. The second-order valence-electron chi connectivity index (χ2n) is 3.39. The molecule has 0 fully saturated rings. The first-order valence-corrected chi connectivity index (χ1v) is 5.88. The maximum absolute atomic E-state index is 11.3. The van der Waals surface area contributed by atoms with Crippen LogP contribution in [0.15, 0.2) is 17.2 Å². The molecule has 0 aliphatic carbocycles. The van der Waals surface area contributed by atoms with Gasteiger partial charge in [0.1, 0.15) is 0 Å². The maximum atomic E-state index is 11.3. The Kier molecular flexibility index (Phi) is 4.87. The highest BCUT2D eigenvalue weighted by Gasteiger charge is 2.03. The normalized spacial score (nSPS) is 9.56. The number of carbonyl (C=O) groups excluding carboxylic acids is 1. The highest BCUT2D eigenvalue weighted by Crippen LogP contribution is 2.17. The summed E-state index contributed by atoms with van der Waals surface area (Å²) in [7, 11) is 0. The lowest BCUT2D eigenvalue weighted by molar-refractivity contribution is -0.118. The van der Waals surface area contributed by atoms with Crippen LogP contribution in [0.2, 0.25) is 0 Å². The number of carbonyl (C=O) groups is 1. The fraction of sp³-hybridized carbons (Fsp3) is 0.333. The third-order valence-electron chi connectivity index (χ3n) is 1.81. The van der Waals surface area contributed by atoms with E-state index in [-0.39, 0.29) is 12.5 Å². The van der Waals surface area contributed by atoms with Crippen LogP contribution in [0.4, 0.5) is 0 Å². The Hall–Kier alpha value is -1.47. The van der Waals surface area contributed by atoms with Crippen LogP contribution >= 0.6 is 11.8 Å². The number of aromatic nitrogens is 1. The minimum Gasteiger partial charge on any atom is -0.344 e. The van der Waals surface area contributed by atoms with Gasteiger partial charge in [0.25, 0.3) is 0 Å². The molecule has 16 heavy (non-hydrogen) atoms. The first kappa shape index (κ1) is 12.6. The van der Waals surface area contributed by atoms with E-state index in [0.717, 1.165) is 16.3 Å². The summed E-state index contributed by atoms with van der Waals surface area (Å²) in [5.74, 6) is 2.64. The van der Waals surface area contributed by atoms with Gasteiger partial charge >= 0.3 is 0 Å². The number of rotatable bonds is 4. The summed E-state index contributed by atoms with van der Waals surface area (Å²) in [5.41, 5.74) is 2.12. The zero-order valence-electron chi connectivity index (χ0n) is 9.41. The van der Waals surface area contributed by atoms with E-state index >= 15 is 0 Å². The van der Waals surface area contributed by atoms with Gasteiger partial charge in [0.15, 0.2) is 0 Å². The highest BCUT2D eigenvalue weighted by molar-refractivity contribution is 7.99. The smallest absolute Gasteiger partial charge is 0.231 e. The van der Waals surface area contributed by atoms with Crippen molar-refractivity contribution in [1.29, 1.82) is 0 Å². The van der Waals surface area contributed by atoms with Crippen molar-refractivity contribution in [1.82, 2.24) is 10.3 Å². The standard InChI is InChI=1S/C12H14N2OS/c1-4-5-13-11(15)8-16-12-7-9(2)6-10(3)14-12/h1,6-7H,5,8H2,2-3H3,(H,13,15). The summed E-state index contributed by atoms with van der Waals surface area (Å²) < 4.78 is 0. The predicted octanol–water partition coefficient (Wildman–Crippen LogP) is 1.54. The average Bonchev–Trinajstić information content (AvgIpc) is 2.22. The topological polar surface area (TPSA) is 42.0 Å². The minimum absolute atomic E-state index is 0.0658. The Balaban J connectivity index is 2.48. The van der Waals surface area contributed by atoms with Crippen molar-refractivity contribution in [2.75, 3.05) is 12.3 Å². The van der Waals surface area contributed by atoms with Crippen molar-refractivity contribution in [2.45, 2.75) is 18.9 Å². The van der Waals surface area contributed by atoms with E-state index < -0.39 is 0 Å². The lowest BCUT2D eigenvalue weighted by Crippen LogP contribution is -2.25. The molecule has 0 bridgehead atoms. The van der Waals surface area contributed by atoms with E-state index in [9.17, 15) is 4.79 Å². The van der Waals surface area contributed by atoms with Gasteiger partial charge in [-0.2, -0.15) is 0 Å². The predicted molar refractivity (Wildman–Crippen MR) is 66.3 cm³/mol. The van der Waals surface area contributed by atoms with Gasteiger partial charge in [-0.3, -0.25) is 4.79 Å². The largest absolute Gasteiger partial charge is 0.344 e. The fourth-order valence-corrected chi connectivity index (χ4v) is 2.08. The molecule has 1 aromatic heterocycles. The second kappa shape index (κ2) is 6.19. The zero-order chi connectivity index (χ0) is 12.0. The van der Waals surface area contributed by atoms with Gasteiger partial charge < -0.3 is 5.32 Å². The number of terminal acetylenes is 1. The highest BCUT2D eigenvalue weighted by atomic mass is 32.2. The van der Waals surface area contributed by atoms with Crippen molar-refractivity contribution in [2.24, 2.45) is 0 Å². The summed E-state index contributed by atoms with van der Waals surface area (Å²) in [6.07, 6.45) is 5.04. The van der Waals surface area contributed by atoms with Crippen LogP contribution in [-0.4, -0.2) is 23.2 Å². The van der Waals surface area contributed by atoms with Gasteiger partial charge in [-0.25, -0.2) is 4.98 Å². The second-order valence-corrected chi connectivity index (χ2v) is 4.39. The van der Waals surface area contributed by atoms with Gasteiger partial charge in [-0.05, 0) is 31.5 Å². The molecular weight excluding hydrogens is 220 g/mol. The quantitative estimate of drug-likeness (QED) is 0.634. The number of aryl methyl sites for hydroxylation is 2. The Labute approximate surface area is 100 Å². The lowest BCUT2D eigenvalue weighted by atomic mass is 10.3. The fourth-order valence-electron chi connectivity index (χ4n) is 1.22. The van der Waals surface area contributed by atoms with Crippen LogP contribution in [0.25, 0.3) is 0 Å². The molecule has 1 heterocycles. The van der Waals surface area contributed by atoms with E-state index in [1.165, 1.54) is 11.8 Å². The van der Waals surface area contributed by atoms with E-state index in [1.807, 2.05) is 26.0 Å². The molecule has 0 unspecified atom stereocenters. The summed E-state index contributed by atoms with van der Waals surface area (Å²) in [6, 6.07) is 3.97. The Morgan fingerprint density at radius 2 is 2.31 bits per heavy atom. The number of amides is 1. The van der Waals surface area contributed by atoms with Crippen LogP contribution in [0.1, 0.15) is 11.3 Å². The third-order valence-corrected chi connectivity index (χ3v) is 2.72. The molecule has 0 aromatic carbocycles. The summed E-state index contributed by atoms with van der Waals surface area (Å²) in [4.78, 5) is 15.6. The number of hydrogen-bond acceptors (Lipinski definition) is 3. The zero-order valence-corrected chi connectivity index (χ0v) is 10.2. The Morgan fingerprint density at radius 3 is 2.94 bits per heavy atom. The molecule has 1 N–H and O–H groups in total. The van der Waals surface area contributed by atoms with E-state index in [4.69, 9.17) is 6.42 Å². The number of pyridine rings is 1. The number of nitrogens with one attached hydrogen (secondary N) is 1. The van der Waals surface area contributed by atoms with Crippen molar-refractivity contribution >= 4 is 17.7 Å². The third kappa shape index (κ3) is 4.37. The van der Waals surface area contributed by atoms with Crippen LogP contribution in [0.3, 0.4) is 0 Å². The van der Waals surface area contributed by atoms with Crippen LogP contribution < -0.4 is 5.32 Å². The van der Waals surface area contributed by atoms with Crippen LogP contribution in [0, 0.1) is 26.2 Å². The molecule has 0 saturated heterocycles. The Morgan fingerprint density at radius 1 is 1.56 bits per heavy atom. The first-order chi connectivity index (χ1) is 7.61. The molecule has 1 aromatic rings. The van der Waals surface area contributed by atoms with Crippen molar-refractivity contribution in [3.05, 3.63) is 23.4 Å². The van der Waals surface area contributed by atoms with E-state index in [0.29, 0.717) is 5.75 Å². The Bertz CT molecular complexity index is 403. The minimum atomic E-state index is -0.0658.